The molecule has 1 aliphatic carbocycles. The van der Waals surface area contributed by atoms with Gasteiger partial charge in [0.25, 0.3) is 0 Å². The lowest BCUT2D eigenvalue weighted by Gasteiger charge is -2.19. The molecule has 0 aromatic heterocycles. The van der Waals surface area contributed by atoms with E-state index in [-0.39, 0.29) is 30.5 Å². The topological polar surface area (TPSA) is 73.6 Å². The van der Waals surface area contributed by atoms with Crippen LogP contribution in [0, 0.1) is 5.92 Å². The first-order valence-electron chi connectivity index (χ1n) is 7.92. The van der Waals surface area contributed by atoms with E-state index in [9.17, 15) is 4.79 Å². The van der Waals surface area contributed by atoms with Gasteiger partial charge in [-0.3, -0.25) is 4.79 Å². The van der Waals surface area contributed by atoms with Gasteiger partial charge in [0.15, 0.2) is 11.5 Å². The molecule has 6 heteroatoms. The highest BCUT2D eigenvalue weighted by molar-refractivity contribution is 5.85. The van der Waals surface area contributed by atoms with Crippen molar-refractivity contribution >= 4 is 18.3 Å². The van der Waals surface area contributed by atoms with Crippen molar-refractivity contribution in [3.05, 3.63) is 24.3 Å². The predicted molar refractivity (Wildman–Crippen MR) is 93.3 cm³/mol. The van der Waals surface area contributed by atoms with Gasteiger partial charge in [-0.05, 0) is 37.8 Å². The maximum absolute atomic E-state index is 12.0. The first-order valence-corrected chi connectivity index (χ1v) is 7.92. The van der Waals surface area contributed by atoms with Crippen LogP contribution in [-0.2, 0) is 4.79 Å². The Bertz CT molecular complexity index is 498. The SMILES string of the molecule is COc1ccccc1OC(C)CNC(=O)C[C@@H]1CCC[C@H]1N.Cl. The molecule has 0 heterocycles. The van der Waals surface area contributed by atoms with Crippen LogP contribution in [0.2, 0.25) is 0 Å². The largest absolute Gasteiger partial charge is 0.493 e. The summed E-state index contributed by atoms with van der Waals surface area (Å²) in [4.78, 5) is 12.0. The Kier molecular flexibility index (Phi) is 8.20. The number of carbonyl (C=O) groups is 1. The van der Waals surface area contributed by atoms with Gasteiger partial charge in [-0.1, -0.05) is 18.6 Å². The van der Waals surface area contributed by atoms with Crippen molar-refractivity contribution in [1.29, 1.82) is 0 Å². The molecule has 2 rings (SSSR count). The summed E-state index contributed by atoms with van der Waals surface area (Å²) < 4.78 is 11.1. The summed E-state index contributed by atoms with van der Waals surface area (Å²) >= 11 is 0. The van der Waals surface area contributed by atoms with Crippen molar-refractivity contribution in [3.8, 4) is 11.5 Å². The molecule has 1 aromatic carbocycles. The Balaban J connectivity index is 0.00000264. The van der Waals surface area contributed by atoms with E-state index in [1.165, 1.54) is 0 Å². The van der Waals surface area contributed by atoms with Crippen LogP contribution in [0.5, 0.6) is 11.5 Å². The van der Waals surface area contributed by atoms with Gasteiger partial charge in [0.05, 0.1) is 13.7 Å². The Hall–Kier alpha value is -1.46. The van der Waals surface area contributed by atoms with E-state index >= 15 is 0 Å². The number of halogens is 1. The van der Waals surface area contributed by atoms with E-state index in [2.05, 4.69) is 5.32 Å². The summed E-state index contributed by atoms with van der Waals surface area (Å²) in [6.07, 6.45) is 3.61. The number of para-hydroxylation sites is 2. The number of carbonyl (C=O) groups excluding carboxylic acids is 1. The fourth-order valence-electron chi connectivity index (χ4n) is 2.86. The molecule has 5 nitrogen and oxygen atoms in total. The van der Waals surface area contributed by atoms with Crippen molar-refractivity contribution in [3.63, 3.8) is 0 Å². The first-order chi connectivity index (χ1) is 10.6. The van der Waals surface area contributed by atoms with Crippen molar-refractivity contribution in [2.75, 3.05) is 13.7 Å². The molecule has 23 heavy (non-hydrogen) atoms. The minimum absolute atomic E-state index is 0. The molecule has 0 bridgehead atoms. The maximum atomic E-state index is 12.0. The van der Waals surface area contributed by atoms with E-state index in [0.29, 0.717) is 30.4 Å². The third-order valence-corrected chi connectivity index (χ3v) is 4.15. The zero-order chi connectivity index (χ0) is 15.9. The average molecular weight is 343 g/mol. The van der Waals surface area contributed by atoms with Gasteiger partial charge in [0.2, 0.25) is 5.91 Å². The number of methoxy groups -OCH3 is 1. The molecule has 0 spiro atoms. The lowest BCUT2D eigenvalue weighted by atomic mass is 10.00. The van der Waals surface area contributed by atoms with Crippen LogP contribution in [0.15, 0.2) is 24.3 Å². The molecule has 1 saturated carbocycles. The smallest absolute Gasteiger partial charge is 0.220 e. The normalized spacial score (nSPS) is 21.2. The average Bonchev–Trinajstić information content (AvgIpc) is 2.91. The van der Waals surface area contributed by atoms with E-state index in [1.807, 2.05) is 31.2 Å². The van der Waals surface area contributed by atoms with E-state index in [0.717, 1.165) is 19.3 Å². The summed E-state index contributed by atoms with van der Waals surface area (Å²) in [6, 6.07) is 7.66. The molecule has 1 aromatic rings. The van der Waals surface area contributed by atoms with Crippen LogP contribution < -0.4 is 20.5 Å². The lowest BCUT2D eigenvalue weighted by Crippen LogP contribution is -2.36. The molecule has 3 N–H and O–H groups in total. The number of benzene rings is 1. The highest BCUT2D eigenvalue weighted by Gasteiger charge is 2.26. The van der Waals surface area contributed by atoms with Crippen LogP contribution in [-0.4, -0.2) is 31.7 Å². The Morgan fingerprint density at radius 3 is 2.65 bits per heavy atom. The Labute approximate surface area is 144 Å². The zero-order valence-electron chi connectivity index (χ0n) is 13.8. The van der Waals surface area contributed by atoms with E-state index < -0.39 is 0 Å². The standard InChI is InChI=1S/C17H26N2O3.ClH/c1-12(22-16-9-4-3-8-15(16)21-2)11-19-17(20)10-13-6-5-7-14(13)18;/h3-4,8-9,12-14H,5-7,10-11,18H2,1-2H3,(H,19,20);1H/t12?,13-,14+;/m0./s1. The fraction of sp³-hybridized carbons (Fsp3) is 0.588. The highest BCUT2D eigenvalue weighted by atomic mass is 35.5. The molecule has 1 fully saturated rings. The minimum atomic E-state index is -0.127. The number of hydrogen-bond acceptors (Lipinski definition) is 4. The summed E-state index contributed by atoms with van der Waals surface area (Å²) in [6.45, 7) is 2.40. The molecule has 0 saturated heterocycles. The second-order valence-corrected chi connectivity index (χ2v) is 5.94. The molecule has 1 aliphatic rings. The molecule has 3 atom stereocenters. The summed E-state index contributed by atoms with van der Waals surface area (Å²) in [5.74, 6) is 1.76. The quantitative estimate of drug-likeness (QED) is 0.798. The molecule has 130 valence electrons. The number of amides is 1. The number of nitrogens with one attached hydrogen (secondary N) is 1. The maximum Gasteiger partial charge on any atom is 0.220 e. The molecular formula is C17H27ClN2O3. The lowest BCUT2D eigenvalue weighted by molar-refractivity contribution is -0.122. The van der Waals surface area contributed by atoms with Gasteiger partial charge in [-0.25, -0.2) is 0 Å². The number of nitrogens with two attached hydrogens (primary N) is 1. The van der Waals surface area contributed by atoms with Gasteiger partial charge in [0, 0.05) is 12.5 Å². The zero-order valence-corrected chi connectivity index (χ0v) is 14.6. The number of hydrogen-bond donors (Lipinski definition) is 2. The highest BCUT2D eigenvalue weighted by Crippen LogP contribution is 2.27. The van der Waals surface area contributed by atoms with Gasteiger partial charge in [-0.15, -0.1) is 12.4 Å². The number of rotatable bonds is 7. The second-order valence-electron chi connectivity index (χ2n) is 5.94. The Morgan fingerprint density at radius 1 is 1.35 bits per heavy atom. The van der Waals surface area contributed by atoms with Gasteiger partial charge in [-0.2, -0.15) is 0 Å². The third-order valence-electron chi connectivity index (χ3n) is 4.15. The van der Waals surface area contributed by atoms with Crippen LogP contribution in [0.1, 0.15) is 32.6 Å². The van der Waals surface area contributed by atoms with E-state index in [4.69, 9.17) is 15.2 Å². The predicted octanol–water partition coefficient (Wildman–Crippen LogP) is 2.52. The van der Waals surface area contributed by atoms with Gasteiger partial charge in [0.1, 0.15) is 6.10 Å². The van der Waals surface area contributed by atoms with Crippen LogP contribution >= 0.6 is 12.4 Å². The molecule has 0 radical (unpaired) electrons. The van der Waals surface area contributed by atoms with Crippen molar-refractivity contribution in [2.45, 2.75) is 44.8 Å². The van der Waals surface area contributed by atoms with Gasteiger partial charge >= 0.3 is 0 Å². The van der Waals surface area contributed by atoms with Crippen molar-refractivity contribution in [2.24, 2.45) is 11.7 Å². The van der Waals surface area contributed by atoms with Crippen molar-refractivity contribution < 1.29 is 14.3 Å². The minimum Gasteiger partial charge on any atom is -0.493 e. The van der Waals surface area contributed by atoms with Crippen LogP contribution in [0.4, 0.5) is 0 Å². The fourth-order valence-corrected chi connectivity index (χ4v) is 2.86. The Morgan fingerprint density at radius 2 is 2.04 bits per heavy atom. The molecule has 0 aliphatic heterocycles. The van der Waals surface area contributed by atoms with Gasteiger partial charge < -0.3 is 20.5 Å². The van der Waals surface area contributed by atoms with Crippen LogP contribution in [0.25, 0.3) is 0 Å². The monoisotopic (exact) mass is 342 g/mol. The third kappa shape index (κ3) is 5.92. The molecule has 1 unspecified atom stereocenters. The van der Waals surface area contributed by atoms with Crippen molar-refractivity contribution in [1.82, 2.24) is 5.32 Å². The second kappa shape index (κ2) is 9.63. The first kappa shape index (κ1) is 19.6. The van der Waals surface area contributed by atoms with E-state index in [1.54, 1.807) is 7.11 Å². The molecular weight excluding hydrogens is 316 g/mol. The summed E-state index contributed by atoms with van der Waals surface area (Å²) in [5, 5.41) is 2.93. The summed E-state index contributed by atoms with van der Waals surface area (Å²) in [5.41, 5.74) is 6.00. The summed E-state index contributed by atoms with van der Waals surface area (Å²) in [7, 11) is 1.61. The van der Waals surface area contributed by atoms with Crippen LogP contribution in [0.3, 0.4) is 0 Å². The molecule has 1 amide bonds. The number of ether oxygens (including phenoxy) is 2.